The van der Waals surface area contributed by atoms with Gasteiger partial charge in [-0.25, -0.2) is 0 Å². The Hall–Kier alpha value is -0.570. The molecule has 88 valence electrons. The Bertz CT molecular complexity index is 196. The predicted octanol–water partition coefficient (Wildman–Crippen LogP) is 2.06. The molecule has 0 bridgehead atoms. The summed E-state index contributed by atoms with van der Waals surface area (Å²) in [5.41, 5.74) is 0. The van der Waals surface area contributed by atoms with Gasteiger partial charge in [-0.05, 0) is 25.8 Å². The maximum Gasteiger partial charge on any atom is 0.308 e. The lowest BCUT2D eigenvalue weighted by Crippen LogP contribution is -2.38. The van der Waals surface area contributed by atoms with E-state index in [2.05, 4.69) is 11.8 Å². The van der Waals surface area contributed by atoms with Crippen LogP contribution in [-0.2, 0) is 9.53 Å². The molecule has 1 fully saturated rings. The Morgan fingerprint density at radius 1 is 1.40 bits per heavy atom. The molecule has 0 aromatic rings. The summed E-state index contributed by atoms with van der Waals surface area (Å²) in [5.74, 6) is -0.0531. The van der Waals surface area contributed by atoms with Gasteiger partial charge in [-0.2, -0.15) is 0 Å². The first-order valence-electron chi connectivity index (χ1n) is 6.06. The Kier molecular flexibility index (Phi) is 5.09. The van der Waals surface area contributed by atoms with E-state index in [-0.39, 0.29) is 18.0 Å². The van der Waals surface area contributed by atoms with Crippen LogP contribution in [0.3, 0.4) is 0 Å². The maximum atomic E-state index is 11.4. The van der Waals surface area contributed by atoms with Gasteiger partial charge in [0.25, 0.3) is 0 Å². The molecule has 1 aliphatic heterocycles. The van der Waals surface area contributed by atoms with Gasteiger partial charge in [-0.3, -0.25) is 4.79 Å². The Morgan fingerprint density at radius 2 is 2.00 bits per heavy atom. The number of ether oxygens (including phenoxy) is 1. The smallest absolute Gasteiger partial charge is 0.308 e. The van der Waals surface area contributed by atoms with Crippen LogP contribution in [-0.4, -0.2) is 36.6 Å². The van der Waals surface area contributed by atoms with Crippen LogP contribution in [0.2, 0.25) is 0 Å². The summed E-state index contributed by atoms with van der Waals surface area (Å²) in [5, 5.41) is 0. The largest absolute Gasteiger partial charge is 0.462 e. The fraction of sp³-hybridized carbons (Fsp3) is 0.917. The molecule has 1 saturated heterocycles. The van der Waals surface area contributed by atoms with Crippen LogP contribution in [0.1, 0.15) is 40.0 Å². The van der Waals surface area contributed by atoms with Crippen molar-refractivity contribution in [3.8, 4) is 0 Å². The van der Waals surface area contributed by atoms with Gasteiger partial charge in [-0.1, -0.05) is 20.8 Å². The van der Waals surface area contributed by atoms with E-state index in [1.54, 1.807) is 0 Å². The van der Waals surface area contributed by atoms with Crippen molar-refractivity contribution in [2.24, 2.45) is 5.92 Å². The van der Waals surface area contributed by atoms with Gasteiger partial charge in [0.2, 0.25) is 0 Å². The van der Waals surface area contributed by atoms with E-state index < -0.39 is 0 Å². The minimum Gasteiger partial charge on any atom is -0.462 e. The Morgan fingerprint density at radius 3 is 2.47 bits per heavy atom. The molecule has 3 heteroatoms. The van der Waals surface area contributed by atoms with Crippen LogP contribution in [0.25, 0.3) is 0 Å². The summed E-state index contributed by atoms with van der Waals surface area (Å²) >= 11 is 0. The average molecular weight is 213 g/mol. The molecule has 1 aliphatic rings. The third-order valence-electron chi connectivity index (χ3n) is 2.83. The molecule has 0 aliphatic carbocycles. The number of esters is 1. The molecular weight excluding hydrogens is 190 g/mol. The minimum absolute atomic E-state index is 0.00123. The highest BCUT2D eigenvalue weighted by Crippen LogP contribution is 2.15. The molecular formula is C12H23NO2. The lowest BCUT2D eigenvalue weighted by atomic mass is 10.1. The third kappa shape index (κ3) is 4.20. The van der Waals surface area contributed by atoms with Crippen molar-refractivity contribution in [3.63, 3.8) is 0 Å². The Balaban J connectivity index is 2.22. The second-order valence-electron chi connectivity index (χ2n) is 4.63. The number of likely N-dealkylation sites (tertiary alicyclic amines) is 1. The van der Waals surface area contributed by atoms with E-state index in [0.717, 1.165) is 25.9 Å². The molecule has 0 radical (unpaired) electrons. The lowest BCUT2D eigenvalue weighted by Gasteiger charge is -2.31. The molecule has 0 aromatic heterocycles. The number of carbonyl (C=O) groups is 1. The van der Waals surface area contributed by atoms with Gasteiger partial charge in [0, 0.05) is 13.1 Å². The van der Waals surface area contributed by atoms with Crippen molar-refractivity contribution in [2.45, 2.75) is 46.1 Å². The minimum atomic E-state index is -0.0519. The fourth-order valence-corrected chi connectivity index (χ4v) is 1.87. The first kappa shape index (κ1) is 12.5. The topological polar surface area (TPSA) is 29.5 Å². The first-order valence-corrected chi connectivity index (χ1v) is 6.06. The van der Waals surface area contributed by atoms with Gasteiger partial charge in [0.1, 0.15) is 6.10 Å². The summed E-state index contributed by atoms with van der Waals surface area (Å²) < 4.78 is 5.41. The molecule has 0 aromatic carbocycles. The van der Waals surface area contributed by atoms with E-state index in [1.165, 1.54) is 13.0 Å². The van der Waals surface area contributed by atoms with Crippen molar-refractivity contribution >= 4 is 5.97 Å². The number of hydrogen-bond acceptors (Lipinski definition) is 3. The second-order valence-corrected chi connectivity index (χ2v) is 4.63. The van der Waals surface area contributed by atoms with E-state index in [1.807, 2.05) is 13.8 Å². The van der Waals surface area contributed by atoms with Crippen LogP contribution in [0.4, 0.5) is 0 Å². The molecule has 0 amide bonds. The molecule has 1 heterocycles. The number of carbonyl (C=O) groups excluding carboxylic acids is 1. The van der Waals surface area contributed by atoms with Gasteiger partial charge < -0.3 is 9.64 Å². The highest BCUT2D eigenvalue weighted by molar-refractivity contribution is 5.71. The number of piperidine rings is 1. The number of hydrogen-bond donors (Lipinski definition) is 0. The Labute approximate surface area is 92.8 Å². The van der Waals surface area contributed by atoms with Gasteiger partial charge in [0.15, 0.2) is 0 Å². The van der Waals surface area contributed by atoms with Crippen molar-refractivity contribution < 1.29 is 9.53 Å². The van der Waals surface area contributed by atoms with Gasteiger partial charge >= 0.3 is 5.97 Å². The average Bonchev–Trinajstić information content (AvgIpc) is 2.21. The summed E-state index contributed by atoms with van der Waals surface area (Å²) in [6.07, 6.45) is 3.36. The SMILES string of the molecule is CCCN1CCC(OC(=O)C(C)C)CC1. The van der Waals surface area contributed by atoms with E-state index in [0.29, 0.717) is 0 Å². The van der Waals surface area contributed by atoms with Crippen LogP contribution in [0.5, 0.6) is 0 Å². The molecule has 0 unspecified atom stereocenters. The van der Waals surface area contributed by atoms with Crippen LogP contribution >= 0.6 is 0 Å². The first-order chi connectivity index (χ1) is 7.13. The van der Waals surface area contributed by atoms with Gasteiger partial charge in [0.05, 0.1) is 5.92 Å². The standard InChI is InChI=1S/C12H23NO2/c1-4-7-13-8-5-11(6-9-13)15-12(14)10(2)3/h10-11H,4-9H2,1-3H3. The predicted molar refractivity (Wildman–Crippen MR) is 60.7 cm³/mol. The zero-order chi connectivity index (χ0) is 11.3. The summed E-state index contributed by atoms with van der Waals surface area (Å²) in [7, 11) is 0. The fourth-order valence-electron chi connectivity index (χ4n) is 1.87. The van der Waals surface area contributed by atoms with Crippen LogP contribution in [0, 0.1) is 5.92 Å². The number of nitrogens with zero attached hydrogens (tertiary/aromatic N) is 1. The maximum absolute atomic E-state index is 11.4. The molecule has 0 N–H and O–H groups in total. The lowest BCUT2D eigenvalue weighted by molar-refractivity contribution is -0.155. The molecule has 0 spiro atoms. The molecule has 1 rings (SSSR count). The van der Waals surface area contributed by atoms with Crippen LogP contribution in [0.15, 0.2) is 0 Å². The van der Waals surface area contributed by atoms with Crippen molar-refractivity contribution in [1.82, 2.24) is 4.90 Å². The zero-order valence-corrected chi connectivity index (χ0v) is 10.2. The monoisotopic (exact) mass is 213 g/mol. The quantitative estimate of drug-likeness (QED) is 0.669. The van der Waals surface area contributed by atoms with Crippen LogP contribution < -0.4 is 0 Å². The number of rotatable bonds is 4. The molecule has 0 atom stereocenters. The summed E-state index contributed by atoms with van der Waals surface area (Å²) in [4.78, 5) is 13.8. The molecule has 0 saturated carbocycles. The van der Waals surface area contributed by atoms with Gasteiger partial charge in [-0.15, -0.1) is 0 Å². The highest BCUT2D eigenvalue weighted by Gasteiger charge is 2.22. The van der Waals surface area contributed by atoms with Crippen molar-refractivity contribution in [3.05, 3.63) is 0 Å². The van der Waals surface area contributed by atoms with E-state index in [4.69, 9.17) is 4.74 Å². The van der Waals surface area contributed by atoms with E-state index >= 15 is 0 Å². The zero-order valence-electron chi connectivity index (χ0n) is 10.2. The second kappa shape index (κ2) is 6.11. The molecule has 15 heavy (non-hydrogen) atoms. The molecule has 3 nitrogen and oxygen atoms in total. The third-order valence-corrected chi connectivity index (χ3v) is 2.83. The van der Waals surface area contributed by atoms with Crippen molar-refractivity contribution in [1.29, 1.82) is 0 Å². The van der Waals surface area contributed by atoms with E-state index in [9.17, 15) is 4.79 Å². The normalized spacial score (nSPS) is 19.5. The summed E-state index contributed by atoms with van der Waals surface area (Å²) in [6, 6.07) is 0. The summed E-state index contributed by atoms with van der Waals surface area (Å²) in [6.45, 7) is 9.28. The van der Waals surface area contributed by atoms with Crippen molar-refractivity contribution in [2.75, 3.05) is 19.6 Å². The highest BCUT2D eigenvalue weighted by atomic mass is 16.5.